The third-order valence-electron chi connectivity index (χ3n) is 2.05. The second-order valence-corrected chi connectivity index (χ2v) is 5.36. The van der Waals surface area contributed by atoms with E-state index >= 15 is 0 Å². The first kappa shape index (κ1) is 12.7. The molecule has 0 fully saturated rings. The first-order chi connectivity index (χ1) is 8.20. The lowest BCUT2D eigenvalue weighted by Crippen LogP contribution is -1.90. The second kappa shape index (κ2) is 5.76. The van der Waals surface area contributed by atoms with Crippen LogP contribution in [0.1, 0.15) is 0 Å². The topological polar surface area (TPSA) is 22.1 Å². The molecule has 2 aromatic rings. The molecule has 1 aromatic carbocycles. The normalized spacial score (nSPS) is 10.3. The minimum Gasteiger partial charge on any atom is -0.436 e. The van der Waals surface area contributed by atoms with E-state index in [-0.39, 0.29) is 0 Å². The monoisotopic (exact) mass is 329 g/mol. The lowest BCUT2D eigenvalue weighted by Gasteiger charge is -2.09. The molecule has 1 aromatic heterocycles. The Kier molecular flexibility index (Phi) is 4.31. The van der Waals surface area contributed by atoms with E-state index in [0.717, 1.165) is 15.1 Å². The molecule has 0 bridgehead atoms. The highest BCUT2D eigenvalue weighted by atomic mass is 79.9. The van der Waals surface area contributed by atoms with Gasteiger partial charge < -0.3 is 4.74 Å². The van der Waals surface area contributed by atoms with Crippen LogP contribution < -0.4 is 4.74 Å². The van der Waals surface area contributed by atoms with Crippen LogP contribution in [0.2, 0.25) is 5.02 Å². The molecule has 0 saturated heterocycles. The van der Waals surface area contributed by atoms with E-state index in [0.29, 0.717) is 10.9 Å². The summed E-state index contributed by atoms with van der Waals surface area (Å²) in [6.45, 7) is 0. The molecule has 2 rings (SSSR count). The molecule has 0 aliphatic rings. The number of hydrogen-bond donors (Lipinski definition) is 0. The Labute approximate surface area is 117 Å². The number of nitrogens with zero attached hydrogens (tertiary/aromatic N) is 1. The first-order valence-electron chi connectivity index (χ1n) is 4.82. The predicted molar refractivity (Wildman–Crippen MR) is 75.2 cm³/mol. The largest absolute Gasteiger partial charge is 0.436 e. The minimum absolute atomic E-state index is 0.413. The molecular formula is C12H9BrClNOS. The van der Waals surface area contributed by atoms with Crippen LogP contribution in [0.25, 0.3) is 0 Å². The molecule has 0 atom stereocenters. The van der Waals surface area contributed by atoms with Gasteiger partial charge in [-0.3, -0.25) is 0 Å². The molecule has 1 heterocycles. The Morgan fingerprint density at radius 1 is 1.35 bits per heavy atom. The number of hydrogen-bond acceptors (Lipinski definition) is 3. The highest BCUT2D eigenvalue weighted by molar-refractivity contribution is 9.10. The molecule has 0 N–H and O–H groups in total. The summed E-state index contributed by atoms with van der Waals surface area (Å²) in [5.74, 6) is 1.17. The summed E-state index contributed by atoms with van der Waals surface area (Å²) in [4.78, 5) is 5.19. The number of rotatable bonds is 3. The first-order valence-corrected chi connectivity index (χ1v) is 7.22. The zero-order valence-electron chi connectivity index (χ0n) is 8.98. The van der Waals surface area contributed by atoms with Crippen molar-refractivity contribution >= 4 is 39.3 Å². The quantitative estimate of drug-likeness (QED) is 0.738. The van der Waals surface area contributed by atoms with E-state index in [2.05, 4.69) is 20.9 Å². The molecule has 0 aliphatic carbocycles. The number of thioether (sulfide) groups is 1. The number of pyridine rings is 1. The molecule has 17 heavy (non-hydrogen) atoms. The maximum absolute atomic E-state index is 6.05. The molecule has 2 nitrogen and oxygen atoms in total. The van der Waals surface area contributed by atoms with Crippen molar-refractivity contribution in [2.75, 3.05) is 6.26 Å². The lowest BCUT2D eigenvalue weighted by molar-refractivity contribution is 0.452. The van der Waals surface area contributed by atoms with Crippen LogP contribution in [-0.2, 0) is 0 Å². The summed E-state index contributed by atoms with van der Waals surface area (Å²) in [6.07, 6.45) is 3.65. The SMILES string of the molecule is CSc1ccccc1Oc1ncc(Br)cc1Cl. The molecular weight excluding hydrogens is 322 g/mol. The van der Waals surface area contributed by atoms with Crippen LogP contribution in [0.3, 0.4) is 0 Å². The fourth-order valence-corrected chi connectivity index (χ4v) is 2.48. The van der Waals surface area contributed by atoms with Gasteiger partial charge in [-0.15, -0.1) is 11.8 Å². The van der Waals surface area contributed by atoms with Crippen LogP contribution >= 0.6 is 39.3 Å². The van der Waals surface area contributed by atoms with Crippen molar-refractivity contribution in [3.05, 3.63) is 46.0 Å². The van der Waals surface area contributed by atoms with Gasteiger partial charge in [-0.1, -0.05) is 23.7 Å². The van der Waals surface area contributed by atoms with Gasteiger partial charge in [-0.2, -0.15) is 0 Å². The van der Waals surface area contributed by atoms with Crippen molar-refractivity contribution in [2.45, 2.75) is 4.90 Å². The van der Waals surface area contributed by atoms with Crippen molar-refractivity contribution in [3.8, 4) is 11.6 Å². The fourth-order valence-electron chi connectivity index (χ4n) is 1.28. The molecule has 0 aliphatic heterocycles. The molecule has 0 spiro atoms. The van der Waals surface area contributed by atoms with Gasteiger partial charge in [0.1, 0.15) is 10.8 Å². The van der Waals surface area contributed by atoms with Crippen molar-refractivity contribution in [1.29, 1.82) is 0 Å². The molecule has 88 valence electrons. The zero-order valence-corrected chi connectivity index (χ0v) is 12.1. The average molecular weight is 331 g/mol. The predicted octanol–water partition coefficient (Wildman–Crippen LogP) is 5.01. The minimum atomic E-state index is 0.413. The highest BCUT2D eigenvalue weighted by Gasteiger charge is 2.08. The summed E-state index contributed by atoms with van der Waals surface area (Å²) in [6, 6.07) is 9.53. The van der Waals surface area contributed by atoms with Crippen molar-refractivity contribution in [1.82, 2.24) is 4.98 Å². The number of aromatic nitrogens is 1. The third-order valence-corrected chi connectivity index (χ3v) is 3.53. The van der Waals surface area contributed by atoms with Crippen molar-refractivity contribution in [3.63, 3.8) is 0 Å². The third kappa shape index (κ3) is 3.15. The molecule has 0 amide bonds. The summed E-state index contributed by atoms with van der Waals surface area (Å²) in [7, 11) is 0. The smallest absolute Gasteiger partial charge is 0.238 e. The van der Waals surface area contributed by atoms with Gasteiger partial charge in [0.25, 0.3) is 0 Å². The average Bonchev–Trinajstić information content (AvgIpc) is 2.33. The summed E-state index contributed by atoms with van der Waals surface area (Å²) in [5, 5.41) is 0.482. The molecule has 0 radical (unpaired) electrons. The Bertz CT molecular complexity index is 536. The Morgan fingerprint density at radius 3 is 2.82 bits per heavy atom. The standard InChI is InChI=1S/C12H9BrClNOS/c1-17-11-5-3-2-4-10(11)16-12-9(14)6-8(13)7-15-12/h2-7H,1H3. The van der Waals surface area contributed by atoms with Crippen LogP contribution in [0, 0.1) is 0 Å². The lowest BCUT2D eigenvalue weighted by atomic mass is 10.3. The van der Waals surface area contributed by atoms with Crippen molar-refractivity contribution < 1.29 is 4.74 Å². The van der Waals surface area contributed by atoms with Gasteiger partial charge in [-0.25, -0.2) is 4.98 Å². The number of benzene rings is 1. The maximum Gasteiger partial charge on any atom is 0.238 e. The molecule has 0 unspecified atom stereocenters. The molecule has 0 saturated carbocycles. The van der Waals surface area contributed by atoms with Gasteiger partial charge >= 0.3 is 0 Å². The molecule has 5 heteroatoms. The Hall–Kier alpha value is -0.710. The van der Waals surface area contributed by atoms with Gasteiger partial charge in [0, 0.05) is 15.6 Å². The van der Waals surface area contributed by atoms with Crippen LogP contribution in [0.15, 0.2) is 45.9 Å². The number of halogens is 2. The summed E-state index contributed by atoms with van der Waals surface area (Å²) < 4.78 is 6.53. The van der Waals surface area contributed by atoms with E-state index in [1.807, 2.05) is 30.5 Å². The number of para-hydroxylation sites is 1. The van der Waals surface area contributed by atoms with E-state index < -0.39 is 0 Å². The number of ether oxygens (including phenoxy) is 1. The fraction of sp³-hybridized carbons (Fsp3) is 0.0833. The Balaban J connectivity index is 2.31. The van der Waals surface area contributed by atoms with E-state index in [9.17, 15) is 0 Å². The maximum atomic E-state index is 6.05. The summed E-state index contributed by atoms with van der Waals surface area (Å²) >= 11 is 11.0. The highest BCUT2D eigenvalue weighted by Crippen LogP contribution is 2.34. The second-order valence-electron chi connectivity index (χ2n) is 3.19. The van der Waals surface area contributed by atoms with E-state index in [1.54, 1.807) is 24.0 Å². The Morgan fingerprint density at radius 2 is 2.12 bits per heavy atom. The van der Waals surface area contributed by atoms with Crippen LogP contribution in [-0.4, -0.2) is 11.2 Å². The summed E-state index contributed by atoms with van der Waals surface area (Å²) in [5.41, 5.74) is 0. The van der Waals surface area contributed by atoms with Gasteiger partial charge in [0.15, 0.2) is 0 Å². The zero-order chi connectivity index (χ0) is 12.3. The van der Waals surface area contributed by atoms with Gasteiger partial charge in [-0.05, 0) is 40.4 Å². The van der Waals surface area contributed by atoms with Crippen LogP contribution in [0.5, 0.6) is 11.6 Å². The van der Waals surface area contributed by atoms with E-state index in [4.69, 9.17) is 16.3 Å². The van der Waals surface area contributed by atoms with Gasteiger partial charge in [0.05, 0.1) is 0 Å². The van der Waals surface area contributed by atoms with Gasteiger partial charge in [0.2, 0.25) is 5.88 Å². The van der Waals surface area contributed by atoms with Crippen molar-refractivity contribution in [2.24, 2.45) is 0 Å². The van der Waals surface area contributed by atoms with E-state index in [1.165, 1.54) is 0 Å². The van der Waals surface area contributed by atoms with Crippen LogP contribution in [0.4, 0.5) is 0 Å².